The Morgan fingerprint density at radius 1 is 1.24 bits per heavy atom. The van der Waals surface area contributed by atoms with Crippen molar-refractivity contribution >= 4 is 0 Å². The van der Waals surface area contributed by atoms with E-state index >= 15 is 0 Å². The fraction of sp³-hybridized carbons (Fsp3) is 0.556. The van der Waals surface area contributed by atoms with E-state index in [0.29, 0.717) is 6.42 Å². The highest BCUT2D eigenvalue weighted by molar-refractivity contribution is 5.32. The summed E-state index contributed by atoms with van der Waals surface area (Å²) in [4.78, 5) is 2.13. The molecule has 1 aliphatic rings. The van der Waals surface area contributed by atoms with Gasteiger partial charge in [0.1, 0.15) is 11.6 Å². The van der Waals surface area contributed by atoms with Crippen molar-refractivity contribution in [2.75, 3.05) is 26.2 Å². The summed E-state index contributed by atoms with van der Waals surface area (Å²) in [7, 11) is 0. The average molecular weight is 360 g/mol. The average Bonchev–Trinajstić information content (AvgIpc) is 2.57. The molecule has 0 radical (unpaired) electrons. The minimum absolute atomic E-state index is 0.260. The Hall–Kier alpha value is -1.60. The van der Waals surface area contributed by atoms with Crippen LogP contribution in [-0.2, 0) is 0 Å². The van der Waals surface area contributed by atoms with Gasteiger partial charge in [-0.25, -0.2) is 4.39 Å². The lowest BCUT2D eigenvalue weighted by molar-refractivity contribution is -0.274. The molecular formula is C18H24F4N2O. The van der Waals surface area contributed by atoms with E-state index < -0.39 is 12.2 Å². The zero-order valence-electron chi connectivity index (χ0n) is 14.1. The third kappa shape index (κ3) is 6.32. The minimum atomic E-state index is -4.79. The number of halogens is 4. The van der Waals surface area contributed by atoms with Gasteiger partial charge in [-0.05, 0) is 37.5 Å². The maximum atomic E-state index is 14.4. The third-order valence-electron chi connectivity index (χ3n) is 4.29. The Kier molecular flexibility index (Phi) is 7.25. The zero-order valence-corrected chi connectivity index (χ0v) is 14.1. The van der Waals surface area contributed by atoms with Crippen LogP contribution in [0, 0.1) is 5.82 Å². The van der Waals surface area contributed by atoms with Crippen LogP contribution in [0.15, 0.2) is 30.9 Å². The molecule has 1 atom stereocenters. The molecular weight excluding hydrogens is 336 g/mol. The van der Waals surface area contributed by atoms with Gasteiger partial charge in [0, 0.05) is 37.8 Å². The van der Waals surface area contributed by atoms with Gasteiger partial charge in [-0.1, -0.05) is 12.5 Å². The summed E-state index contributed by atoms with van der Waals surface area (Å²) in [6, 6.07) is 2.99. The highest BCUT2D eigenvalue weighted by Crippen LogP contribution is 2.33. The first-order valence-electron chi connectivity index (χ1n) is 8.51. The summed E-state index contributed by atoms with van der Waals surface area (Å²) < 4.78 is 55.8. The fourth-order valence-electron chi connectivity index (χ4n) is 3.13. The van der Waals surface area contributed by atoms with Crippen LogP contribution in [0.3, 0.4) is 0 Å². The number of unbranched alkanes of at least 4 members (excludes halogenated alkanes) is 2. The molecule has 0 amide bonds. The Morgan fingerprint density at radius 2 is 1.96 bits per heavy atom. The van der Waals surface area contributed by atoms with Gasteiger partial charge in [-0.15, -0.1) is 19.8 Å². The largest absolute Gasteiger partial charge is 0.573 e. The summed E-state index contributed by atoms with van der Waals surface area (Å²) in [6.07, 6.45) is 0.368. The number of nitrogens with zero attached hydrogens (tertiary/aromatic N) is 1. The number of allylic oxidation sites excluding steroid dienone is 1. The molecule has 1 aromatic rings. The maximum Gasteiger partial charge on any atom is 0.573 e. The van der Waals surface area contributed by atoms with Crippen molar-refractivity contribution in [2.45, 2.75) is 38.1 Å². The monoisotopic (exact) mass is 360 g/mol. The predicted octanol–water partition coefficient (Wildman–Crippen LogP) is 4.42. The second-order valence-corrected chi connectivity index (χ2v) is 6.11. The second-order valence-electron chi connectivity index (χ2n) is 6.11. The molecule has 3 nitrogen and oxygen atoms in total. The van der Waals surface area contributed by atoms with Gasteiger partial charge in [0.25, 0.3) is 0 Å². The molecule has 25 heavy (non-hydrogen) atoms. The van der Waals surface area contributed by atoms with Crippen molar-refractivity contribution < 1.29 is 22.3 Å². The molecule has 0 unspecified atom stereocenters. The molecule has 0 aliphatic carbocycles. The second kappa shape index (κ2) is 9.20. The predicted molar refractivity (Wildman–Crippen MR) is 88.9 cm³/mol. The van der Waals surface area contributed by atoms with E-state index in [1.807, 2.05) is 6.08 Å². The topological polar surface area (TPSA) is 24.5 Å². The van der Waals surface area contributed by atoms with E-state index in [9.17, 15) is 17.6 Å². The van der Waals surface area contributed by atoms with Crippen molar-refractivity contribution in [2.24, 2.45) is 0 Å². The molecule has 0 aromatic heterocycles. The Bertz CT molecular complexity index is 556. The number of benzene rings is 1. The zero-order chi connectivity index (χ0) is 18.3. The summed E-state index contributed by atoms with van der Waals surface area (Å²) >= 11 is 0. The van der Waals surface area contributed by atoms with Crippen LogP contribution in [0.2, 0.25) is 0 Å². The van der Waals surface area contributed by atoms with E-state index in [4.69, 9.17) is 0 Å². The SMILES string of the molecule is C=CCCCC[C@@H](c1cc(OC(F)(F)F)ccc1F)N1CCNCC1. The molecule has 1 aliphatic heterocycles. The number of alkyl halides is 3. The van der Waals surface area contributed by atoms with Crippen molar-refractivity contribution in [1.82, 2.24) is 10.2 Å². The highest BCUT2D eigenvalue weighted by atomic mass is 19.4. The first-order valence-corrected chi connectivity index (χ1v) is 8.51. The molecule has 1 heterocycles. The molecule has 1 saturated heterocycles. The lowest BCUT2D eigenvalue weighted by Gasteiger charge is -2.35. The van der Waals surface area contributed by atoms with Crippen LogP contribution >= 0.6 is 0 Å². The molecule has 140 valence electrons. The minimum Gasteiger partial charge on any atom is -0.406 e. The van der Waals surface area contributed by atoms with Gasteiger partial charge in [0.05, 0.1) is 0 Å². The highest BCUT2D eigenvalue weighted by Gasteiger charge is 2.32. The van der Waals surface area contributed by atoms with Gasteiger partial charge in [-0.3, -0.25) is 4.90 Å². The molecule has 1 aromatic carbocycles. The maximum absolute atomic E-state index is 14.4. The number of piperazine rings is 1. The fourth-order valence-corrected chi connectivity index (χ4v) is 3.13. The Labute approximate surface area is 145 Å². The molecule has 0 spiro atoms. The van der Waals surface area contributed by atoms with Crippen molar-refractivity contribution in [1.29, 1.82) is 0 Å². The van der Waals surface area contributed by atoms with E-state index in [2.05, 4.69) is 21.5 Å². The van der Waals surface area contributed by atoms with Gasteiger partial charge in [0.15, 0.2) is 0 Å². The van der Waals surface area contributed by atoms with Crippen molar-refractivity contribution in [3.05, 3.63) is 42.2 Å². The normalized spacial score (nSPS) is 17.3. The van der Waals surface area contributed by atoms with Crippen LogP contribution < -0.4 is 10.1 Å². The number of ether oxygens (including phenoxy) is 1. The smallest absolute Gasteiger partial charge is 0.406 e. The van der Waals surface area contributed by atoms with Gasteiger partial charge in [-0.2, -0.15) is 0 Å². The van der Waals surface area contributed by atoms with Crippen LogP contribution in [0.5, 0.6) is 5.75 Å². The first-order chi connectivity index (χ1) is 11.9. The van der Waals surface area contributed by atoms with Gasteiger partial charge in [0.2, 0.25) is 0 Å². The van der Waals surface area contributed by atoms with Crippen molar-refractivity contribution in [3.63, 3.8) is 0 Å². The summed E-state index contributed by atoms with van der Waals surface area (Å²) in [5.74, 6) is -0.878. The van der Waals surface area contributed by atoms with Crippen LogP contribution in [-0.4, -0.2) is 37.4 Å². The summed E-state index contributed by atoms with van der Waals surface area (Å²) in [5.41, 5.74) is 0.266. The van der Waals surface area contributed by atoms with Gasteiger partial charge >= 0.3 is 6.36 Å². The lowest BCUT2D eigenvalue weighted by Crippen LogP contribution is -2.45. The number of hydrogen-bond donors (Lipinski definition) is 1. The van der Waals surface area contributed by atoms with Crippen LogP contribution in [0.1, 0.15) is 37.3 Å². The number of nitrogens with one attached hydrogen (secondary N) is 1. The standard InChI is InChI=1S/C18H24F4N2O/c1-2-3-4-5-6-17(24-11-9-23-10-12-24)15-13-14(7-8-16(15)19)25-18(20,21)22/h2,7-8,13,17,23H,1,3-6,9-12H2/t17-/m0/s1. The summed E-state index contributed by atoms with van der Waals surface area (Å²) in [5, 5.41) is 3.23. The summed E-state index contributed by atoms with van der Waals surface area (Å²) in [6.45, 7) is 6.71. The van der Waals surface area contributed by atoms with E-state index in [-0.39, 0.29) is 17.4 Å². The van der Waals surface area contributed by atoms with E-state index in [1.54, 1.807) is 0 Å². The van der Waals surface area contributed by atoms with Crippen molar-refractivity contribution in [3.8, 4) is 5.75 Å². The van der Waals surface area contributed by atoms with Crippen LogP contribution in [0.25, 0.3) is 0 Å². The molecule has 2 rings (SSSR count). The molecule has 7 heteroatoms. The Morgan fingerprint density at radius 3 is 2.60 bits per heavy atom. The Balaban J connectivity index is 2.21. The van der Waals surface area contributed by atoms with E-state index in [0.717, 1.165) is 57.6 Å². The molecule has 1 N–H and O–H groups in total. The molecule has 0 saturated carbocycles. The lowest BCUT2D eigenvalue weighted by atomic mass is 9.97. The first kappa shape index (κ1) is 19.7. The quantitative estimate of drug-likeness (QED) is 0.422. The number of rotatable bonds is 8. The molecule has 0 bridgehead atoms. The third-order valence-corrected chi connectivity index (χ3v) is 4.29. The van der Waals surface area contributed by atoms with Crippen LogP contribution in [0.4, 0.5) is 17.6 Å². The molecule has 1 fully saturated rings. The van der Waals surface area contributed by atoms with E-state index in [1.165, 1.54) is 6.07 Å². The van der Waals surface area contributed by atoms with Gasteiger partial charge < -0.3 is 10.1 Å². The number of hydrogen-bond acceptors (Lipinski definition) is 3.